The molecular weight excluding hydrogens is 180 g/mol. The summed E-state index contributed by atoms with van der Waals surface area (Å²) in [6.45, 7) is 4.10. The molecule has 0 atom stereocenters. The molecule has 0 spiro atoms. The molecule has 0 N–H and O–H groups in total. The molecule has 0 fully saturated rings. The van der Waals surface area contributed by atoms with Crippen LogP contribution in [0.5, 0.6) is 0 Å². The number of carbonyl (C=O) groups excluding carboxylic acids is 1. The molecule has 0 radical (unpaired) electrons. The Morgan fingerprint density at radius 3 is 2.46 bits per heavy atom. The standard InChI is InChI=1S/C11H14OS/c1-3-8-13-11(12)10-6-4-9(2)5-7-10/h4-7H,3,8H2,1-2H3. The lowest BCUT2D eigenvalue weighted by Gasteiger charge is -1.99. The van der Waals surface area contributed by atoms with Gasteiger partial charge < -0.3 is 0 Å². The van der Waals surface area contributed by atoms with E-state index in [1.165, 1.54) is 17.3 Å². The molecule has 0 saturated carbocycles. The third-order valence-corrected chi connectivity index (χ3v) is 2.83. The van der Waals surface area contributed by atoms with E-state index in [0.29, 0.717) is 0 Å². The van der Waals surface area contributed by atoms with Crippen LogP contribution in [0.2, 0.25) is 0 Å². The van der Waals surface area contributed by atoms with E-state index in [9.17, 15) is 4.79 Å². The second kappa shape index (κ2) is 5.07. The fourth-order valence-corrected chi connectivity index (χ4v) is 1.66. The maximum Gasteiger partial charge on any atom is 0.219 e. The first-order valence-electron chi connectivity index (χ1n) is 4.48. The number of hydrogen-bond donors (Lipinski definition) is 0. The lowest BCUT2D eigenvalue weighted by molar-refractivity contribution is 0.108. The van der Waals surface area contributed by atoms with E-state index < -0.39 is 0 Å². The Hall–Kier alpha value is -0.760. The smallest absolute Gasteiger partial charge is 0.219 e. The van der Waals surface area contributed by atoms with Gasteiger partial charge in [0.05, 0.1) is 0 Å². The Labute approximate surface area is 83.5 Å². The van der Waals surface area contributed by atoms with Crippen LogP contribution in [0.4, 0.5) is 0 Å². The fourth-order valence-electron chi connectivity index (χ4n) is 0.968. The van der Waals surface area contributed by atoms with Gasteiger partial charge in [0.1, 0.15) is 0 Å². The molecule has 2 heteroatoms. The normalized spacial score (nSPS) is 10.0. The fraction of sp³-hybridized carbons (Fsp3) is 0.364. The zero-order valence-corrected chi connectivity index (χ0v) is 8.86. The molecule has 0 unspecified atom stereocenters. The molecule has 0 aromatic heterocycles. The van der Waals surface area contributed by atoms with Crippen molar-refractivity contribution in [1.29, 1.82) is 0 Å². The number of benzene rings is 1. The highest BCUT2D eigenvalue weighted by Crippen LogP contribution is 2.13. The van der Waals surface area contributed by atoms with Gasteiger partial charge in [0.25, 0.3) is 0 Å². The number of aryl methyl sites for hydroxylation is 1. The summed E-state index contributed by atoms with van der Waals surface area (Å²) in [5, 5.41) is 0.182. The summed E-state index contributed by atoms with van der Waals surface area (Å²) in [5.74, 6) is 0.909. The molecule has 70 valence electrons. The van der Waals surface area contributed by atoms with Crippen molar-refractivity contribution in [2.24, 2.45) is 0 Å². The van der Waals surface area contributed by atoms with E-state index in [1.54, 1.807) is 0 Å². The largest absolute Gasteiger partial charge is 0.282 e. The first kappa shape index (κ1) is 10.3. The zero-order valence-electron chi connectivity index (χ0n) is 8.04. The summed E-state index contributed by atoms with van der Waals surface area (Å²) in [6, 6.07) is 7.72. The van der Waals surface area contributed by atoms with Crippen LogP contribution in [-0.2, 0) is 0 Å². The molecule has 0 aliphatic rings. The van der Waals surface area contributed by atoms with Crippen molar-refractivity contribution >= 4 is 16.9 Å². The molecule has 0 bridgehead atoms. The van der Waals surface area contributed by atoms with Crippen molar-refractivity contribution in [2.45, 2.75) is 20.3 Å². The van der Waals surface area contributed by atoms with Crippen LogP contribution >= 0.6 is 11.8 Å². The Bertz CT molecular complexity index is 277. The summed E-state index contributed by atoms with van der Waals surface area (Å²) < 4.78 is 0. The molecule has 13 heavy (non-hydrogen) atoms. The topological polar surface area (TPSA) is 17.1 Å². The predicted molar refractivity (Wildman–Crippen MR) is 58.3 cm³/mol. The Kier molecular flexibility index (Phi) is 4.03. The molecule has 0 aliphatic carbocycles. The van der Waals surface area contributed by atoms with Crippen LogP contribution in [0.1, 0.15) is 29.3 Å². The third kappa shape index (κ3) is 3.23. The number of carbonyl (C=O) groups is 1. The molecule has 1 aromatic carbocycles. The van der Waals surface area contributed by atoms with E-state index in [4.69, 9.17) is 0 Å². The second-order valence-electron chi connectivity index (χ2n) is 3.00. The van der Waals surface area contributed by atoms with Gasteiger partial charge in [-0.25, -0.2) is 0 Å². The molecule has 1 rings (SSSR count). The second-order valence-corrected chi connectivity index (χ2v) is 4.07. The zero-order chi connectivity index (χ0) is 9.68. The Morgan fingerprint density at radius 1 is 1.31 bits per heavy atom. The molecule has 1 aromatic rings. The summed E-state index contributed by atoms with van der Waals surface area (Å²) in [5.41, 5.74) is 2.00. The van der Waals surface area contributed by atoms with Gasteiger partial charge in [-0.15, -0.1) is 0 Å². The van der Waals surface area contributed by atoms with Gasteiger partial charge in [-0.1, -0.05) is 48.5 Å². The van der Waals surface area contributed by atoms with Crippen molar-refractivity contribution in [3.8, 4) is 0 Å². The summed E-state index contributed by atoms with van der Waals surface area (Å²) in [7, 11) is 0. The van der Waals surface area contributed by atoms with Crippen molar-refractivity contribution in [2.75, 3.05) is 5.75 Å². The third-order valence-electron chi connectivity index (χ3n) is 1.72. The van der Waals surface area contributed by atoms with E-state index in [1.807, 2.05) is 31.2 Å². The monoisotopic (exact) mass is 194 g/mol. The lowest BCUT2D eigenvalue weighted by Crippen LogP contribution is -1.94. The minimum Gasteiger partial charge on any atom is -0.282 e. The van der Waals surface area contributed by atoms with Crippen LogP contribution in [0.15, 0.2) is 24.3 Å². The quantitative estimate of drug-likeness (QED) is 0.734. The average Bonchev–Trinajstić information content (AvgIpc) is 2.15. The van der Waals surface area contributed by atoms with Crippen LogP contribution in [0, 0.1) is 6.92 Å². The van der Waals surface area contributed by atoms with E-state index in [2.05, 4.69) is 6.92 Å². The van der Waals surface area contributed by atoms with Gasteiger partial charge in [-0.2, -0.15) is 0 Å². The Morgan fingerprint density at radius 2 is 1.92 bits per heavy atom. The van der Waals surface area contributed by atoms with Gasteiger partial charge in [0.15, 0.2) is 0 Å². The predicted octanol–water partition coefficient (Wildman–Crippen LogP) is 3.28. The van der Waals surface area contributed by atoms with Crippen molar-refractivity contribution in [1.82, 2.24) is 0 Å². The van der Waals surface area contributed by atoms with Crippen LogP contribution in [-0.4, -0.2) is 10.9 Å². The van der Waals surface area contributed by atoms with Crippen LogP contribution in [0.25, 0.3) is 0 Å². The molecule has 0 heterocycles. The van der Waals surface area contributed by atoms with E-state index >= 15 is 0 Å². The SMILES string of the molecule is CCCSC(=O)c1ccc(C)cc1. The minimum atomic E-state index is 0.182. The Balaban J connectivity index is 2.61. The molecule has 0 aliphatic heterocycles. The number of thioether (sulfide) groups is 1. The number of hydrogen-bond acceptors (Lipinski definition) is 2. The molecule has 0 saturated heterocycles. The average molecular weight is 194 g/mol. The number of rotatable bonds is 3. The van der Waals surface area contributed by atoms with Crippen LogP contribution in [0.3, 0.4) is 0 Å². The maximum atomic E-state index is 11.5. The summed E-state index contributed by atoms with van der Waals surface area (Å²) >= 11 is 1.40. The molecular formula is C11H14OS. The van der Waals surface area contributed by atoms with E-state index in [-0.39, 0.29) is 5.12 Å². The highest BCUT2D eigenvalue weighted by Gasteiger charge is 2.04. The minimum absolute atomic E-state index is 0.182. The maximum absolute atomic E-state index is 11.5. The van der Waals surface area contributed by atoms with Crippen molar-refractivity contribution in [3.63, 3.8) is 0 Å². The summed E-state index contributed by atoms with van der Waals surface area (Å²) in [4.78, 5) is 11.5. The van der Waals surface area contributed by atoms with Crippen LogP contribution < -0.4 is 0 Å². The van der Waals surface area contributed by atoms with Gasteiger partial charge in [0.2, 0.25) is 5.12 Å². The molecule has 1 nitrogen and oxygen atoms in total. The van der Waals surface area contributed by atoms with Crippen molar-refractivity contribution in [3.05, 3.63) is 35.4 Å². The first-order valence-corrected chi connectivity index (χ1v) is 5.46. The molecule has 0 amide bonds. The highest BCUT2D eigenvalue weighted by atomic mass is 32.2. The highest BCUT2D eigenvalue weighted by molar-refractivity contribution is 8.14. The lowest BCUT2D eigenvalue weighted by atomic mass is 10.2. The summed E-state index contributed by atoms with van der Waals surface area (Å²) in [6.07, 6.45) is 1.04. The van der Waals surface area contributed by atoms with Crippen molar-refractivity contribution < 1.29 is 4.79 Å². The van der Waals surface area contributed by atoms with Gasteiger partial charge in [-0.05, 0) is 13.3 Å². The van der Waals surface area contributed by atoms with Gasteiger partial charge >= 0.3 is 0 Å². The first-order chi connectivity index (χ1) is 6.24. The van der Waals surface area contributed by atoms with E-state index in [0.717, 1.165) is 17.7 Å². The van der Waals surface area contributed by atoms with Gasteiger partial charge in [0, 0.05) is 11.3 Å². The van der Waals surface area contributed by atoms with Gasteiger partial charge in [-0.3, -0.25) is 4.79 Å².